The van der Waals surface area contributed by atoms with Crippen LogP contribution < -0.4 is 10.6 Å². The van der Waals surface area contributed by atoms with Gasteiger partial charge in [-0.05, 0) is 63.6 Å². The number of rotatable bonds is 11. The number of aryl methyl sites for hydroxylation is 1. The Hall–Kier alpha value is -3.35. The lowest BCUT2D eigenvalue weighted by atomic mass is 9.93. The highest BCUT2D eigenvalue weighted by atomic mass is 16.6. The number of hydrogen-bond donors (Lipinski definition) is 2. The Bertz CT molecular complexity index is 1110. The zero-order chi connectivity index (χ0) is 29.1. The van der Waals surface area contributed by atoms with Crippen LogP contribution >= 0.6 is 0 Å². The van der Waals surface area contributed by atoms with E-state index in [2.05, 4.69) is 17.6 Å². The number of ether oxygens (including phenoxy) is 1. The first-order chi connectivity index (χ1) is 19.1. The fourth-order valence-electron chi connectivity index (χ4n) is 5.27. The highest BCUT2D eigenvalue weighted by Crippen LogP contribution is 2.28. The van der Waals surface area contributed by atoms with E-state index in [-0.39, 0.29) is 24.3 Å². The number of nitrogens with one attached hydrogen (secondary N) is 2. The Kier molecular flexibility index (Phi) is 11.6. The first-order valence-corrected chi connectivity index (χ1v) is 14.8. The molecule has 1 saturated carbocycles. The van der Waals surface area contributed by atoms with E-state index in [1.54, 1.807) is 25.7 Å². The van der Waals surface area contributed by atoms with Gasteiger partial charge in [0.25, 0.3) is 0 Å². The highest BCUT2D eigenvalue weighted by molar-refractivity contribution is 5.92. The zero-order valence-electron chi connectivity index (χ0n) is 24.9. The maximum absolute atomic E-state index is 14.5. The van der Waals surface area contributed by atoms with E-state index in [9.17, 15) is 14.4 Å². The molecule has 7 nitrogen and oxygen atoms in total. The van der Waals surface area contributed by atoms with Gasteiger partial charge in [0.1, 0.15) is 17.7 Å². The SMILES string of the molecule is CCCCN(C(=O)C(Cc1ccccc1)NC(=O)OC(C)(C)C)C(C(=O)NC1CCCCC1)c1ccccc1C. The number of benzene rings is 2. The summed E-state index contributed by atoms with van der Waals surface area (Å²) in [5, 5.41) is 6.11. The summed E-state index contributed by atoms with van der Waals surface area (Å²) in [6, 6.07) is 15.8. The van der Waals surface area contributed by atoms with E-state index in [0.717, 1.165) is 55.2 Å². The molecule has 1 aliphatic rings. The smallest absolute Gasteiger partial charge is 0.408 e. The predicted octanol–water partition coefficient (Wildman–Crippen LogP) is 6.25. The Morgan fingerprint density at radius 2 is 1.62 bits per heavy atom. The van der Waals surface area contributed by atoms with Crippen LogP contribution in [0.25, 0.3) is 0 Å². The quantitative estimate of drug-likeness (QED) is 0.347. The maximum atomic E-state index is 14.5. The van der Waals surface area contributed by atoms with Crippen LogP contribution in [-0.4, -0.2) is 47.0 Å². The van der Waals surface area contributed by atoms with Crippen molar-refractivity contribution in [3.05, 3.63) is 71.3 Å². The van der Waals surface area contributed by atoms with Crippen LogP contribution in [0.2, 0.25) is 0 Å². The fraction of sp³-hybridized carbons (Fsp3) is 0.545. The number of hydrogen-bond acceptors (Lipinski definition) is 4. The second kappa shape index (κ2) is 14.9. The van der Waals surface area contributed by atoms with Crippen LogP contribution in [-0.2, 0) is 20.7 Å². The Balaban J connectivity index is 2.00. The van der Waals surface area contributed by atoms with E-state index in [4.69, 9.17) is 4.74 Å². The monoisotopic (exact) mass is 549 g/mol. The van der Waals surface area contributed by atoms with Crippen molar-refractivity contribution in [2.24, 2.45) is 0 Å². The molecule has 3 rings (SSSR count). The molecule has 0 aliphatic heterocycles. The molecule has 0 saturated heterocycles. The van der Waals surface area contributed by atoms with Crippen molar-refractivity contribution in [1.82, 2.24) is 15.5 Å². The lowest BCUT2D eigenvalue weighted by molar-refractivity contribution is -0.143. The van der Waals surface area contributed by atoms with Crippen molar-refractivity contribution in [2.75, 3.05) is 6.54 Å². The van der Waals surface area contributed by atoms with E-state index in [0.29, 0.717) is 6.54 Å². The number of nitrogens with zero attached hydrogens (tertiary/aromatic N) is 1. The number of unbranched alkanes of at least 4 members (excludes halogenated alkanes) is 1. The number of carbonyl (C=O) groups is 3. The van der Waals surface area contributed by atoms with Crippen molar-refractivity contribution >= 4 is 17.9 Å². The van der Waals surface area contributed by atoms with Gasteiger partial charge >= 0.3 is 6.09 Å². The summed E-state index contributed by atoms with van der Waals surface area (Å²) in [7, 11) is 0. The summed E-state index contributed by atoms with van der Waals surface area (Å²) in [6.07, 6.45) is 6.49. The first-order valence-electron chi connectivity index (χ1n) is 14.8. The molecular formula is C33H47N3O4. The molecule has 3 amide bonds. The minimum atomic E-state index is -0.900. The molecule has 2 unspecified atom stereocenters. The topological polar surface area (TPSA) is 87.7 Å². The van der Waals surface area contributed by atoms with Gasteiger partial charge in [-0.1, -0.05) is 87.2 Å². The van der Waals surface area contributed by atoms with Crippen molar-refractivity contribution in [2.45, 2.75) is 110 Å². The molecule has 218 valence electrons. The van der Waals surface area contributed by atoms with Gasteiger partial charge in [0.05, 0.1) is 0 Å². The molecule has 0 bridgehead atoms. The van der Waals surface area contributed by atoms with Crippen molar-refractivity contribution in [3.63, 3.8) is 0 Å². The maximum Gasteiger partial charge on any atom is 0.408 e. The van der Waals surface area contributed by atoms with Crippen LogP contribution in [0, 0.1) is 6.92 Å². The second-order valence-corrected chi connectivity index (χ2v) is 11.9. The van der Waals surface area contributed by atoms with Crippen molar-refractivity contribution in [1.29, 1.82) is 0 Å². The normalized spacial score (nSPS) is 15.5. The van der Waals surface area contributed by atoms with Gasteiger partial charge in [0.2, 0.25) is 11.8 Å². The van der Waals surface area contributed by atoms with Gasteiger partial charge in [-0.2, -0.15) is 0 Å². The number of carbonyl (C=O) groups excluding carboxylic acids is 3. The molecule has 1 fully saturated rings. The van der Waals surface area contributed by atoms with E-state index in [1.165, 1.54) is 6.42 Å². The molecule has 1 aliphatic carbocycles. The molecular weight excluding hydrogens is 502 g/mol. The molecule has 2 N–H and O–H groups in total. The van der Waals surface area contributed by atoms with Gasteiger partial charge in [0, 0.05) is 19.0 Å². The largest absolute Gasteiger partial charge is 0.444 e. The van der Waals surface area contributed by atoms with Crippen molar-refractivity contribution < 1.29 is 19.1 Å². The zero-order valence-corrected chi connectivity index (χ0v) is 24.9. The average molecular weight is 550 g/mol. The van der Waals surface area contributed by atoms with Gasteiger partial charge < -0.3 is 20.3 Å². The third kappa shape index (κ3) is 9.39. The molecule has 2 atom stereocenters. The van der Waals surface area contributed by atoms with Crippen LogP contribution in [0.1, 0.15) is 95.4 Å². The number of amides is 3. The molecule has 0 radical (unpaired) electrons. The Morgan fingerprint density at radius 1 is 0.975 bits per heavy atom. The summed E-state index contributed by atoms with van der Waals surface area (Å²) in [6.45, 7) is 9.80. The molecule has 40 heavy (non-hydrogen) atoms. The van der Waals surface area contributed by atoms with Crippen LogP contribution in [0.4, 0.5) is 4.79 Å². The molecule has 0 heterocycles. The molecule has 2 aromatic carbocycles. The summed E-state index contributed by atoms with van der Waals surface area (Å²) in [4.78, 5) is 43.1. The third-order valence-corrected chi connectivity index (χ3v) is 7.30. The summed E-state index contributed by atoms with van der Waals surface area (Å²) < 4.78 is 5.53. The van der Waals surface area contributed by atoms with E-state index >= 15 is 0 Å². The predicted molar refractivity (Wildman–Crippen MR) is 159 cm³/mol. The first kappa shape index (κ1) is 31.2. The van der Waals surface area contributed by atoms with Crippen LogP contribution in [0.5, 0.6) is 0 Å². The lowest BCUT2D eigenvalue weighted by Crippen LogP contribution is -2.54. The minimum absolute atomic E-state index is 0.107. The third-order valence-electron chi connectivity index (χ3n) is 7.30. The van der Waals surface area contributed by atoms with Crippen LogP contribution in [0.15, 0.2) is 54.6 Å². The standard InChI is InChI=1S/C33H47N3O4/c1-6-7-22-36(29(27-21-15-14-16-24(27)2)30(37)34-26-19-12-9-13-20-26)31(38)28(23-25-17-10-8-11-18-25)35-32(39)40-33(3,4)5/h8,10-11,14-18,21,26,28-29H,6-7,9,12-13,19-20,22-23H2,1-5H3,(H,34,37)(H,35,39). The molecule has 0 spiro atoms. The summed E-state index contributed by atoms with van der Waals surface area (Å²) in [5.74, 6) is -0.461. The molecule has 2 aromatic rings. The van der Waals surface area contributed by atoms with Gasteiger partial charge in [-0.25, -0.2) is 4.79 Å². The molecule has 7 heteroatoms. The lowest BCUT2D eigenvalue weighted by Gasteiger charge is -2.36. The second-order valence-electron chi connectivity index (χ2n) is 11.9. The van der Waals surface area contributed by atoms with Crippen LogP contribution in [0.3, 0.4) is 0 Å². The summed E-state index contributed by atoms with van der Waals surface area (Å²) >= 11 is 0. The summed E-state index contributed by atoms with van der Waals surface area (Å²) in [5.41, 5.74) is 1.94. The van der Waals surface area contributed by atoms with E-state index < -0.39 is 23.8 Å². The van der Waals surface area contributed by atoms with Gasteiger partial charge in [-0.15, -0.1) is 0 Å². The molecule has 0 aromatic heterocycles. The van der Waals surface area contributed by atoms with Gasteiger partial charge in [0.15, 0.2) is 0 Å². The average Bonchev–Trinajstić information content (AvgIpc) is 2.91. The highest BCUT2D eigenvalue weighted by Gasteiger charge is 2.37. The fourth-order valence-corrected chi connectivity index (χ4v) is 5.27. The van der Waals surface area contributed by atoms with Gasteiger partial charge in [-0.3, -0.25) is 9.59 Å². The Labute approximate surface area is 240 Å². The van der Waals surface area contributed by atoms with E-state index in [1.807, 2.05) is 61.5 Å². The van der Waals surface area contributed by atoms with Crippen molar-refractivity contribution in [3.8, 4) is 0 Å². The minimum Gasteiger partial charge on any atom is -0.444 e. The Morgan fingerprint density at radius 3 is 2.25 bits per heavy atom. The number of alkyl carbamates (subject to hydrolysis) is 1.